The second-order valence-electron chi connectivity index (χ2n) is 4.02. The molecule has 1 fully saturated rings. The summed E-state index contributed by atoms with van der Waals surface area (Å²) in [6.07, 6.45) is -2.52. The molecule has 98 valence electrons. The maximum absolute atomic E-state index is 12.5. The van der Waals surface area contributed by atoms with E-state index in [1.165, 1.54) is 0 Å². The predicted octanol–water partition coefficient (Wildman–Crippen LogP) is 2.73. The number of carboxylic acid groups (broad SMARTS) is 1. The number of aromatic nitrogens is 1. The van der Waals surface area contributed by atoms with E-state index in [9.17, 15) is 18.0 Å². The summed E-state index contributed by atoms with van der Waals surface area (Å²) >= 11 is 0. The lowest BCUT2D eigenvalue weighted by atomic mass is 9.96. The second-order valence-corrected chi connectivity index (χ2v) is 4.02. The van der Waals surface area contributed by atoms with Crippen molar-refractivity contribution in [2.45, 2.75) is 31.5 Å². The lowest BCUT2D eigenvalue weighted by Gasteiger charge is -2.26. The number of rotatable bonds is 3. The van der Waals surface area contributed by atoms with Gasteiger partial charge >= 0.3 is 12.1 Å². The van der Waals surface area contributed by atoms with Crippen LogP contribution < -0.4 is 4.74 Å². The molecule has 1 aliphatic carbocycles. The maximum Gasteiger partial charge on any atom is 0.433 e. The van der Waals surface area contributed by atoms with Crippen molar-refractivity contribution in [3.8, 4) is 5.88 Å². The minimum Gasteiger partial charge on any atom is -0.477 e. The third kappa shape index (κ3) is 2.55. The van der Waals surface area contributed by atoms with Crippen LogP contribution in [0.15, 0.2) is 12.1 Å². The standard InChI is InChI=1S/C11H10F3NO3/c12-11(13,14)8-5-4-7(10(16)17)9(15-8)18-6-2-1-3-6/h4-6H,1-3H2,(H,16,17). The lowest BCUT2D eigenvalue weighted by Crippen LogP contribution is -2.26. The molecular weight excluding hydrogens is 251 g/mol. The zero-order chi connectivity index (χ0) is 13.3. The molecule has 0 atom stereocenters. The van der Waals surface area contributed by atoms with Crippen LogP contribution in [0.1, 0.15) is 35.3 Å². The van der Waals surface area contributed by atoms with E-state index in [1.54, 1.807) is 0 Å². The third-order valence-corrected chi connectivity index (χ3v) is 2.71. The number of carboxylic acids is 1. The number of nitrogens with zero attached hydrogens (tertiary/aromatic N) is 1. The summed E-state index contributed by atoms with van der Waals surface area (Å²) in [5.74, 6) is -1.81. The van der Waals surface area contributed by atoms with Gasteiger partial charge in [-0.1, -0.05) is 0 Å². The summed E-state index contributed by atoms with van der Waals surface area (Å²) in [7, 11) is 0. The molecule has 4 nitrogen and oxygen atoms in total. The Bertz CT molecular complexity index is 469. The van der Waals surface area contributed by atoms with E-state index in [-0.39, 0.29) is 11.7 Å². The maximum atomic E-state index is 12.5. The number of halogens is 3. The highest BCUT2D eigenvalue weighted by Gasteiger charge is 2.34. The Hall–Kier alpha value is -1.79. The Morgan fingerprint density at radius 2 is 2.06 bits per heavy atom. The number of hydrogen-bond donors (Lipinski definition) is 1. The third-order valence-electron chi connectivity index (χ3n) is 2.71. The molecule has 1 aliphatic rings. The molecule has 0 spiro atoms. The highest BCUT2D eigenvalue weighted by Crippen LogP contribution is 2.32. The monoisotopic (exact) mass is 261 g/mol. The summed E-state index contributed by atoms with van der Waals surface area (Å²) in [5.41, 5.74) is -1.50. The molecule has 0 aliphatic heterocycles. The first-order chi connectivity index (χ1) is 8.38. The number of alkyl halides is 3. The van der Waals surface area contributed by atoms with Gasteiger partial charge in [0, 0.05) is 0 Å². The van der Waals surface area contributed by atoms with Crippen molar-refractivity contribution in [3.63, 3.8) is 0 Å². The van der Waals surface area contributed by atoms with E-state index in [2.05, 4.69) is 4.98 Å². The molecule has 1 saturated carbocycles. The normalized spacial score (nSPS) is 16.2. The molecule has 0 saturated heterocycles. The van der Waals surface area contributed by atoms with E-state index in [0.29, 0.717) is 18.9 Å². The molecule has 7 heteroatoms. The molecule has 1 aromatic heterocycles. The van der Waals surface area contributed by atoms with E-state index < -0.39 is 23.7 Å². The molecule has 0 unspecified atom stereocenters. The molecule has 2 rings (SSSR count). The zero-order valence-corrected chi connectivity index (χ0v) is 9.20. The Balaban J connectivity index is 2.34. The summed E-state index contributed by atoms with van der Waals surface area (Å²) in [6.45, 7) is 0. The zero-order valence-electron chi connectivity index (χ0n) is 9.20. The average molecular weight is 261 g/mol. The van der Waals surface area contributed by atoms with Gasteiger partial charge < -0.3 is 9.84 Å². The number of carbonyl (C=O) groups is 1. The SMILES string of the molecule is O=C(O)c1ccc(C(F)(F)F)nc1OC1CCC1. The number of hydrogen-bond acceptors (Lipinski definition) is 3. The molecule has 0 aromatic carbocycles. The molecule has 1 N–H and O–H groups in total. The Morgan fingerprint density at radius 3 is 2.50 bits per heavy atom. The summed E-state index contributed by atoms with van der Waals surface area (Å²) in [6, 6.07) is 1.50. The smallest absolute Gasteiger partial charge is 0.433 e. The quantitative estimate of drug-likeness (QED) is 0.908. The Labute approximate surface area is 100 Å². The van der Waals surface area contributed by atoms with Crippen molar-refractivity contribution >= 4 is 5.97 Å². The fraction of sp³-hybridized carbons (Fsp3) is 0.455. The molecular formula is C11H10F3NO3. The summed E-state index contributed by atoms with van der Waals surface area (Å²) < 4.78 is 42.6. The molecule has 1 heterocycles. The van der Waals surface area contributed by atoms with Crippen molar-refractivity contribution in [2.24, 2.45) is 0 Å². The fourth-order valence-corrected chi connectivity index (χ4v) is 1.50. The highest BCUT2D eigenvalue weighted by atomic mass is 19.4. The largest absolute Gasteiger partial charge is 0.477 e. The van der Waals surface area contributed by atoms with E-state index >= 15 is 0 Å². The van der Waals surface area contributed by atoms with Gasteiger partial charge in [0.2, 0.25) is 5.88 Å². The second kappa shape index (κ2) is 4.47. The van der Waals surface area contributed by atoms with Crippen molar-refractivity contribution in [2.75, 3.05) is 0 Å². The van der Waals surface area contributed by atoms with Gasteiger partial charge in [0.05, 0.1) is 0 Å². The van der Waals surface area contributed by atoms with Gasteiger partial charge in [-0.25, -0.2) is 9.78 Å². The van der Waals surface area contributed by atoms with Crippen molar-refractivity contribution < 1.29 is 27.8 Å². The number of ether oxygens (including phenoxy) is 1. The minimum absolute atomic E-state index is 0.237. The molecule has 0 bridgehead atoms. The van der Waals surface area contributed by atoms with Crippen LogP contribution in [-0.2, 0) is 6.18 Å². The van der Waals surface area contributed by atoms with Crippen LogP contribution in [-0.4, -0.2) is 22.2 Å². The summed E-state index contributed by atoms with van der Waals surface area (Å²) in [4.78, 5) is 14.1. The van der Waals surface area contributed by atoms with Gasteiger partial charge in [0.25, 0.3) is 0 Å². The first kappa shape index (κ1) is 12.7. The van der Waals surface area contributed by atoms with Crippen molar-refractivity contribution in [3.05, 3.63) is 23.4 Å². The topological polar surface area (TPSA) is 59.4 Å². The van der Waals surface area contributed by atoms with Crippen LogP contribution in [0.25, 0.3) is 0 Å². The van der Waals surface area contributed by atoms with Crippen molar-refractivity contribution in [1.29, 1.82) is 0 Å². The fourth-order valence-electron chi connectivity index (χ4n) is 1.50. The van der Waals surface area contributed by atoms with Gasteiger partial charge in [-0.15, -0.1) is 0 Å². The highest BCUT2D eigenvalue weighted by molar-refractivity contribution is 5.90. The van der Waals surface area contributed by atoms with Crippen LogP contribution in [0.5, 0.6) is 5.88 Å². The van der Waals surface area contributed by atoms with Crippen molar-refractivity contribution in [1.82, 2.24) is 4.98 Å². The Morgan fingerprint density at radius 1 is 1.39 bits per heavy atom. The van der Waals surface area contributed by atoms with Crippen LogP contribution in [0, 0.1) is 0 Å². The number of aromatic carboxylic acids is 1. The van der Waals surface area contributed by atoms with Crippen LogP contribution in [0.4, 0.5) is 13.2 Å². The summed E-state index contributed by atoms with van der Waals surface area (Å²) in [5, 5.41) is 8.86. The van der Waals surface area contributed by atoms with E-state index in [1.807, 2.05) is 0 Å². The van der Waals surface area contributed by atoms with Crippen LogP contribution in [0.2, 0.25) is 0 Å². The number of pyridine rings is 1. The molecule has 0 amide bonds. The molecule has 1 aromatic rings. The van der Waals surface area contributed by atoms with Crippen LogP contribution in [0.3, 0.4) is 0 Å². The van der Waals surface area contributed by atoms with E-state index in [4.69, 9.17) is 9.84 Å². The van der Waals surface area contributed by atoms with Gasteiger partial charge in [0.1, 0.15) is 17.4 Å². The molecule has 0 radical (unpaired) electrons. The average Bonchev–Trinajstić information content (AvgIpc) is 2.21. The lowest BCUT2D eigenvalue weighted by molar-refractivity contribution is -0.141. The van der Waals surface area contributed by atoms with Gasteiger partial charge in [0.15, 0.2) is 0 Å². The van der Waals surface area contributed by atoms with Crippen LogP contribution >= 0.6 is 0 Å². The minimum atomic E-state index is -4.62. The van der Waals surface area contributed by atoms with Gasteiger partial charge in [-0.05, 0) is 31.4 Å². The van der Waals surface area contributed by atoms with E-state index in [0.717, 1.165) is 12.5 Å². The first-order valence-corrected chi connectivity index (χ1v) is 5.36. The van der Waals surface area contributed by atoms with Gasteiger partial charge in [-0.2, -0.15) is 13.2 Å². The first-order valence-electron chi connectivity index (χ1n) is 5.36. The predicted molar refractivity (Wildman–Crippen MR) is 54.5 cm³/mol. The Kier molecular flexibility index (Phi) is 3.14. The van der Waals surface area contributed by atoms with Gasteiger partial charge in [-0.3, -0.25) is 0 Å². The molecule has 18 heavy (non-hydrogen) atoms.